The number of halogens is 2. The summed E-state index contributed by atoms with van der Waals surface area (Å²) < 4.78 is 0. The summed E-state index contributed by atoms with van der Waals surface area (Å²) in [7, 11) is 0. The Labute approximate surface area is 119 Å². The number of aliphatic hydroxyl groups excluding tert-OH is 1. The van der Waals surface area contributed by atoms with Gasteiger partial charge in [-0.2, -0.15) is 0 Å². The average Bonchev–Trinajstić information content (AvgIpc) is 2.35. The molecule has 2 atom stereocenters. The summed E-state index contributed by atoms with van der Waals surface area (Å²) in [6.07, 6.45) is 1.72. The van der Waals surface area contributed by atoms with Gasteiger partial charge in [0, 0.05) is 29.7 Å². The first kappa shape index (κ1) is 14.1. The van der Waals surface area contributed by atoms with E-state index in [2.05, 4.69) is 11.8 Å². The summed E-state index contributed by atoms with van der Waals surface area (Å²) in [4.78, 5) is 2.36. The van der Waals surface area contributed by atoms with Crippen LogP contribution < -0.4 is 0 Å². The first-order valence-electron chi connectivity index (χ1n) is 6.44. The zero-order valence-corrected chi connectivity index (χ0v) is 12.1. The zero-order valence-electron chi connectivity index (χ0n) is 10.6. The van der Waals surface area contributed by atoms with Crippen LogP contribution in [-0.2, 0) is 6.54 Å². The third-order valence-electron chi connectivity index (χ3n) is 3.71. The lowest BCUT2D eigenvalue weighted by atomic mass is 9.92. The van der Waals surface area contributed by atoms with Crippen LogP contribution in [0.15, 0.2) is 18.2 Å². The molecule has 1 aliphatic rings. The van der Waals surface area contributed by atoms with E-state index in [0.717, 1.165) is 43.1 Å². The second kappa shape index (κ2) is 6.25. The molecule has 0 amide bonds. The molecule has 0 radical (unpaired) electrons. The van der Waals surface area contributed by atoms with Gasteiger partial charge in [0.25, 0.3) is 0 Å². The topological polar surface area (TPSA) is 23.5 Å². The molecule has 4 heteroatoms. The molecule has 1 aromatic rings. The molecule has 0 bridgehead atoms. The van der Waals surface area contributed by atoms with Crippen LogP contribution in [0.2, 0.25) is 10.0 Å². The molecule has 0 aromatic heterocycles. The first-order chi connectivity index (χ1) is 8.60. The minimum Gasteiger partial charge on any atom is -0.393 e. The maximum absolute atomic E-state index is 9.87. The zero-order chi connectivity index (χ0) is 13.1. The van der Waals surface area contributed by atoms with E-state index in [4.69, 9.17) is 23.2 Å². The largest absolute Gasteiger partial charge is 0.393 e. The number of likely N-dealkylation sites (tertiary alicyclic amines) is 1. The van der Waals surface area contributed by atoms with Crippen molar-refractivity contribution in [1.82, 2.24) is 4.90 Å². The molecule has 2 nitrogen and oxygen atoms in total. The molecule has 1 fully saturated rings. The fourth-order valence-electron chi connectivity index (χ4n) is 2.53. The second-order valence-electron chi connectivity index (χ2n) is 5.00. The minimum atomic E-state index is -0.146. The average molecular weight is 288 g/mol. The van der Waals surface area contributed by atoms with Crippen molar-refractivity contribution in [3.63, 3.8) is 0 Å². The van der Waals surface area contributed by atoms with Gasteiger partial charge in [0.2, 0.25) is 0 Å². The van der Waals surface area contributed by atoms with E-state index in [9.17, 15) is 5.11 Å². The number of benzene rings is 1. The van der Waals surface area contributed by atoms with Gasteiger partial charge in [-0.1, -0.05) is 36.2 Å². The molecule has 0 saturated carbocycles. The van der Waals surface area contributed by atoms with Gasteiger partial charge in [0.05, 0.1) is 6.10 Å². The van der Waals surface area contributed by atoms with E-state index in [1.807, 2.05) is 12.1 Å². The molecule has 1 aliphatic heterocycles. The molecule has 0 spiro atoms. The van der Waals surface area contributed by atoms with Crippen molar-refractivity contribution in [2.24, 2.45) is 5.92 Å². The molecule has 2 rings (SSSR count). The Kier molecular flexibility index (Phi) is 4.91. The van der Waals surface area contributed by atoms with Crippen molar-refractivity contribution in [3.8, 4) is 0 Å². The van der Waals surface area contributed by atoms with Gasteiger partial charge in [-0.25, -0.2) is 0 Å². The predicted octanol–water partition coefficient (Wildman–Crippen LogP) is 3.59. The van der Waals surface area contributed by atoms with Gasteiger partial charge in [-0.3, -0.25) is 4.90 Å². The van der Waals surface area contributed by atoms with Crippen molar-refractivity contribution in [2.45, 2.75) is 32.4 Å². The lowest BCUT2D eigenvalue weighted by Gasteiger charge is -2.35. The molecule has 18 heavy (non-hydrogen) atoms. The molecule has 1 saturated heterocycles. The molecule has 0 aliphatic carbocycles. The normalized spacial score (nSPS) is 25.3. The Morgan fingerprint density at radius 3 is 2.83 bits per heavy atom. The molecule has 1 aromatic carbocycles. The van der Waals surface area contributed by atoms with Crippen LogP contribution in [-0.4, -0.2) is 29.2 Å². The highest BCUT2D eigenvalue weighted by molar-refractivity contribution is 6.35. The van der Waals surface area contributed by atoms with Crippen molar-refractivity contribution in [1.29, 1.82) is 0 Å². The van der Waals surface area contributed by atoms with Crippen LogP contribution in [0.25, 0.3) is 0 Å². The third kappa shape index (κ3) is 3.39. The Hall–Kier alpha value is -0.280. The first-order valence-corrected chi connectivity index (χ1v) is 7.20. The van der Waals surface area contributed by atoms with Gasteiger partial charge in [-0.05, 0) is 36.5 Å². The summed E-state index contributed by atoms with van der Waals surface area (Å²) in [5.74, 6) is 0.379. The van der Waals surface area contributed by atoms with Crippen molar-refractivity contribution in [2.75, 3.05) is 13.1 Å². The van der Waals surface area contributed by atoms with E-state index in [1.54, 1.807) is 6.07 Å². The minimum absolute atomic E-state index is 0.146. The Bertz CT molecular complexity index is 411. The van der Waals surface area contributed by atoms with Gasteiger partial charge >= 0.3 is 0 Å². The highest BCUT2D eigenvalue weighted by Crippen LogP contribution is 2.25. The lowest BCUT2D eigenvalue weighted by molar-refractivity contribution is 0.0222. The van der Waals surface area contributed by atoms with Crippen molar-refractivity contribution in [3.05, 3.63) is 33.8 Å². The molecule has 2 unspecified atom stereocenters. The summed E-state index contributed by atoms with van der Waals surface area (Å²) in [6, 6.07) is 5.64. The Balaban J connectivity index is 2.01. The van der Waals surface area contributed by atoms with Crippen LogP contribution in [0.1, 0.15) is 25.3 Å². The maximum atomic E-state index is 9.87. The Morgan fingerprint density at radius 1 is 1.39 bits per heavy atom. The summed E-state index contributed by atoms with van der Waals surface area (Å²) in [6.45, 7) is 4.83. The fraction of sp³-hybridized carbons (Fsp3) is 0.571. The highest BCUT2D eigenvalue weighted by atomic mass is 35.5. The highest BCUT2D eigenvalue weighted by Gasteiger charge is 2.26. The maximum Gasteiger partial charge on any atom is 0.0592 e. The fourth-order valence-corrected chi connectivity index (χ4v) is 3.00. The van der Waals surface area contributed by atoms with Crippen LogP contribution in [0, 0.1) is 5.92 Å². The third-order valence-corrected chi connectivity index (χ3v) is 4.30. The quantitative estimate of drug-likeness (QED) is 0.919. The number of hydrogen-bond acceptors (Lipinski definition) is 2. The molecular weight excluding hydrogens is 269 g/mol. The van der Waals surface area contributed by atoms with E-state index in [0.29, 0.717) is 10.9 Å². The number of nitrogens with zero attached hydrogens (tertiary/aromatic N) is 1. The Morgan fingerprint density at radius 2 is 2.17 bits per heavy atom. The molecular formula is C14H19Cl2NO. The second-order valence-corrected chi connectivity index (χ2v) is 5.84. The van der Waals surface area contributed by atoms with Crippen molar-refractivity contribution < 1.29 is 5.11 Å². The molecule has 1 N–H and O–H groups in total. The summed E-state index contributed by atoms with van der Waals surface area (Å²) in [5.41, 5.74) is 1.10. The van der Waals surface area contributed by atoms with Gasteiger partial charge in [0.1, 0.15) is 0 Å². The summed E-state index contributed by atoms with van der Waals surface area (Å²) in [5, 5.41) is 11.3. The van der Waals surface area contributed by atoms with Crippen molar-refractivity contribution >= 4 is 23.2 Å². The SMILES string of the molecule is CCC1CN(Cc2ccc(Cl)cc2Cl)CCC1O. The van der Waals surface area contributed by atoms with E-state index in [-0.39, 0.29) is 6.10 Å². The molecule has 100 valence electrons. The van der Waals surface area contributed by atoms with Gasteiger partial charge < -0.3 is 5.11 Å². The van der Waals surface area contributed by atoms with E-state index in [1.165, 1.54) is 0 Å². The van der Waals surface area contributed by atoms with E-state index < -0.39 is 0 Å². The smallest absolute Gasteiger partial charge is 0.0592 e. The predicted molar refractivity (Wildman–Crippen MR) is 76.1 cm³/mol. The van der Waals surface area contributed by atoms with Crippen LogP contribution >= 0.6 is 23.2 Å². The van der Waals surface area contributed by atoms with Gasteiger partial charge in [0.15, 0.2) is 0 Å². The standard InChI is InChI=1S/C14H19Cl2NO/c1-2-10-8-17(6-5-14(10)18)9-11-3-4-12(15)7-13(11)16/h3-4,7,10,14,18H,2,5-6,8-9H2,1H3. The molecule has 1 heterocycles. The lowest BCUT2D eigenvalue weighted by Crippen LogP contribution is -2.42. The van der Waals surface area contributed by atoms with Crippen LogP contribution in [0.5, 0.6) is 0 Å². The van der Waals surface area contributed by atoms with E-state index >= 15 is 0 Å². The number of aliphatic hydroxyl groups is 1. The van der Waals surface area contributed by atoms with Crippen LogP contribution in [0.3, 0.4) is 0 Å². The number of rotatable bonds is 3. The number of piperidine rings is 1. The monoisotopic (exact) mass is 287 g/mol. The van der Waals surface area contributed by atoms with Crippen LogP contribution in [0.4, 0.5) is 0 Å². The number of hydrogen-bond donors (Lipinski definition) is 1. The van der Waals surface area contributed by atoms with Gasteiger partial charge in [-0.15, -0.1) is 0 Å². The summed E-state index contributed by atoms with van der Waals surface area (Å²) >= 11 is 12.1.